The van der Waals surface area contributed by atoms with E-state index in [-0.39, 0.29) is 0 Å². The molecule has 106 valence electrons. The molecule has 0 spiro atoms. The van der Waals surface area contributed by atoms with Crippen LogP contribution in [-0.2, 0) is 0 Å². The van der Waals surface area contributed by atoms with Crippen LogP contribution in [0.15, 0.2) is 40.9 Å². The van der Waals surface area contributed by atoms with Gasteiger partial charge in [0.2, 0.25) is 0 Å². The van der Waals surface area contributed by atoms with Gasteiger partial charge in [-0.1, -0.05) is 11.6 Å². The Morgan fingerprint density at radius 2 is 2.00 bits per heavy atom. The molecular weight excluding hydrogens is 354 g/mol. The molecule has 0 saturated carbocycles. The number of hydrogen-bond acceptors (Lipinski definition) is 4. The Hall–Kier alpha value is -1.92. The number of tetrazole rings is 1. The van der Waals surface area contributed by atoms with Gasteiger partial charge in [0, 0.05) is 15.7 Å². The van der Waals surface area contributed by atoms with Crippen LogP contribution in [0.4, 0.5) is 5.69 Å². The number of hydrogen-bond donors (Lipinski definition) is 1. The Bertz CT molecular complexity index is 815. The van der Waals surface area contributed by atoms with Crippen molar-refractivity contribution in [3.63, 3.8) is 0 Å². The van der Waals surface area contributed by atoms with E-state index >= 15 is 0 Å². The van der Waals surface area contributed by atoms with E-state index in [0.717, 1.165) is 21.3 Å². The minimum Gasteiger partial charge on any atom is -0.399 e. The maximum Gasteiger partial charge on any atom is 0.187 e. The first-order valence-corrected chi connectivity index (χ1v) is 7.33. The van der Waals surface area contributed by atoms with Crippen molar-refractivity contribution in [3.05, 3.63) is 51.5 Å². The van der Waals surface area contributed by atoms with Crippen molar-refractivity contribution < 1.29 is 0 Å². The Labute approximate surface area is 134 Å². The predicted molar refractivity (Wildman–Crippen MR) is 86.4 cm³/mol. The SMILES string of the molecule is Cc1cc(N)ccc1-c1nnnn1-c1ccc(Cl)c(Br)c1. The molecule has 0 aliphatic carbocycles. The van der Waals surface area contributed by atoms with Crippen molar-refractivity contribution in [2.45, 2.75) is 6.92 Å². The van der Waals surface area contributed by atoms with Gasteiger partial charge in [0.25, 0.3) is 0 Å². The summed E-state index contributed by atoms with van der Waals surface area (Å²) in [5.41, 5.74) is 9.27. The molecule has 0 unspecified atom stereocenters. The monoisotopic (exact) mass is 363 g/mol. The van der Waals surface area contributed by atoms with E-state index in [1.807, 2.05) is 37.3 Å². The van der Waals surface area contributed by atoms with E-state index in [0.29, 0.717) is 16.5 Å². The van der Waals surface area contributed by atoms with Gasteiger partial charge in [-0.25, -0.2) is 0 Å². The van der Waals surface area contributed by atoms with E-state index in [4.69, 9.17) is 17.3 Å². The second kappa shape index (κ2) is 5.46. The average molecular weight is 365 g/mol. The number of benzene rings is 2. The molecule has 0 aliphatic heterocycles. The molecule has 7 heteroatoms. The number of nitrogen functional groups attached to an aromatic ring is 1. The normalized spacial score (nSPS) is 10.8. The first-order valence-electron chi connectivity index (χ1n) is 6.16. The Morgan fingerprint density at radius 3 is 2.71 bits per heavy atom. The summed E-state index contributed by atoms with van der Waals surface area (Å²) < 4.78 is 2.46. The fourth-order valence-corrected chi connectivity index (χ4v) is 2.57. The summed E-state index contributed by atoms with van der Waals surface area (Å²) in [6, 6.07) is 11.2. The molecule has 3 rings (SSSR count). The van der Waals surface area contributed by atoms with Crippen LogP contribution in [-0.4, -0.2) is 20.2 Å². The average Bonchev–Trinajstić information content (AvgIpc) is 2.91. The van der Waals surface area contributed by atoms with Crippen LogP contribution in [0.3, 0.4) is 0 Å². The number of anilines is 1. The molecule has 1 heterocycles. The van der Waals surface area contributed by atoms with Gasteiger partial charge < -0.3 is 5.73 Å². The van der Waals surface area contributed by atoms with E-state index in [2.05, 4.69) is 31.5 Å². The Balaban J connectivity index is 2.14. The van der Waals surface area contributed by atoms with Crippen LogP contribution >= 0.6 is 27.5 Å². The summed E-state index contributed by atoms with van der Waals surface area (Å²) >= 11 is 9.43. The van der Waals surface area contributed by atoms with E-state index in [9.17, 15) is 0 Å². The van der Waals surface area contributed by atoms with Crippen molar-refractivity contribution in [2.24, 2.45) is 0 Å². The smallest absolute Gasteiger partial charge is 0.187 e. The predicted octanol–water partition coefficient (Wildman–Crippen LogP) is 3.64. The summed E-state index contributed by atoms with van der Waals surface area (Å²) in [6.45, 7) is 1.97. The summed E-state index contributed by atoms with van der Waals surface area (Å²) in [7, 11) is 0. The van der Waals surface area contributed by atoms with Gasteiger partial charge in [-0.2, -0.15) is 4.68 Å². The second-order valence-corrected chi connectivity index (χ2v) is 5.85. The lowest BCUT2D eigenvalue weighted by Gasteiger charge is -2.08. The number of rotatable bonds is 2. The molecule has 21 heavy (non-hydrogen) atoms. The molecule has 3 aromatic rings. The maximum atomic E-state index is 6.02. The Morgan fingerprint density at radius 1 is 1.19 bits per heavy atom. The molecule has 5 nitrogen and oxygen atoms in total. The second-order valence-electron chi connectivity index (χ2n) is 4.59. The highest BCUT2D eigenvalue weighted by molar-refractivity contribution is 9.10. The number of halogens is 2. The van der Waals surface area contributed by atoms with E-state index in [1.165, 1.54) is 0 Å². The molecule has 0 saturated heterocycles. The number of aromatic nitrogens is 4. The van der Waals surface area contributed by atoms with Gasteiger partial charge in [-0.05, 0) is 75.2 Å². The lowest BCUT2D eigenvalue weighted by atomic mass is 10.1. The third-order valence-corrected chi connectivity index (χ3v) is 4.32. The van der Waals surface area contributed by atoms with E-state index < -0.39 is 0 Å². The third kappa shape index (κ3) is 2.64. The fourth-order valence-electron chi connectivity index (χ4n) is 2.08. The summed E-state index contributed by atoms with van der Waals surface area (Å²) in [5.74, 6) is 0.654. The standard InChI is InChI=1S/C14H11BrClN5/c1-8-6-9(17)2-4-11(8)14-18-19-20-21(14)10-3-5-13(16)12(15)7-10/h2-7H,17H2,1H3. The van der Waals surface area contributed by atoms with Crippen LogP contribution in [0.1, 0.15) is 5.56 Å². The third-order valence-electron chi connectivity index (χ3n) is 3.11. The molecule has 0 atom stereocenters. The van der Waals surface area contributed by atoms with Crippen molar-refractivity contribution in [2.75, 3.05) is 5.73 Å². The van der Waals surface area contributed by atoms with Gasteiger partial charge in [0.05, 0.1) is 10.7 Å². The van der Waals surface area contributed by atoms with Crippen molar-refractivity contribution in [3.8, 4) is 17.1 Å². The highest BCUT2D eigenvalue weighted by Gasteiger charge is 2.13. The summed E-state index contributed by atoms with van der Waals surface area (Å²) in [6.07, 6.45) is 0. The van der Waals surface area contributed by atoms with Crippen LogP contribution in [0.5, 0.6) is 0 Å². The molecule has 2 aromatic carbocycles. The van der Waals surface area contributed by atoms with Crippen LogP contribution < -0.4 is 5.73 Å². The largest absolute Gasteiger partial charge is 0.399 e. The maximum absolute atomic E-state index is 6.02. The van der Waals surface area contributed by atoms with Gasteiger partial charge in [-0.15, -0.1) is 5.10 Å². The number of nitrogens with two attached hydrogens (primary N) is 1. The molecule has 0 radical (unpaired) electrons. The summed E-state index contributed by atoms with van der Waals surface area (Å²) in [5, 5.41) is 12.6. The highest BCUT2D eigenvalue weighted by atomic mass is 79.9. The van der Waals surface area contributed by atoms with Gasteiger partial charge >= 0.3 is 0 Å². The first-order chi connectivity index (χ1) is 10.1. The number of nitrogens with zero attached hydrogens (tertiary/aromatic N) is 4. The lowest BCUT2D eigenvalue weighted by molar-refractivity contribution is 0.791. The molecule has 0 fully saturated rings. The molecule has 2 N–H and O–H groups in total. The minimum atomic E-state index is 0.636. The van der Waals surface area contributed by atoms with Gasteiger partial charge in [0.15, 0.2) is 5.82 Å². The molecular formula is C14H11BrClN5. The molecule has 0 aliphatic rings. The zero-order valence-corrected chi connectivity index (χ0v) is 13.4. The Kier molecular flexibility index (Phi) is 3.65. The van der Waals surface area contributed by atoms with Crippen molar-refractivity contribution in [1.29, 1.82) is 0 Å². The molecule has 0 amide bonds. The quantitative estimate of drug-likeness (QED) is 0.705. The molecule has 1 aromatic heterocycles. The van der Waals surface area contributed by atoms with Crippen LogP contribution in [0.2, 0.25) is 5.02 Å². The lowest BCUT2D eigenvalue weighted by Crippen LogP contribution is -2.01. The topological polar surface area (TPSA) is 69.6 Å². The molecule has 0 bridgehead atoms. The van der Waals surface area contributed by atoms with Crippen LogP contribution in [0.25, 0.3) is 17.1 Å². The zero-order chi connectivity index (χ0) is 15.0. The van der Waals surface area contributed by atoms with E-state index in [1.54, 1.807) is 10.7 Å². The fraction of sp³-hybridized carbons (Fsp3) is 0.0714. The first kappa shape index (κ1) is 14.0. The van der Waals surface area contributed by atoms with Crippen LogP contribution in [0, 0.1) is 6.92 Å². The number of aryl methyl sites for hydroxylation is 1. The zero-order valence-electron chi connectivity index (χ0n) is 11.1. The highest BCUT2D eigenvalue weighted by Crippen LogP contribution is 2.28. The van der Waals surface area contributed by atoms with Crippen molar-refractivity contribution in [1.82, 2.24) is 20.2 Å². The van der Waals surface area contributed by atoms with Crippen molar-refractivity contribution >= 4 is 33.2 Å². The van der Waals surface area contributed by atoms with Gasteiger partial charge in [0.1, 0.15) is 0 Å². The van der Waals surface area contributed by atoms with Gasteiger partial charge in [-0.3, -0.25) is 0 Å². The minimum absolute atomic E-state index is 0.636. The summed E-state index contributed by atoms with van der Waals surface area (Å²) in [4.78, 5) is 0.